The lowest BCUT2D eigenvalue weighted by molar-refractivity contribution is -0.117. The molecule has 0 spiro atoms. The van der Waals surface area contributed by atoms with Gasteiger partial charge < -0.3 is 15.2 Å². The quantitative estimate of drug-likeness (QED) is 0.902. The molecule has 6 heteroatoms. The van der Waals surface area contributed by atoms with Crippen molar-refractivity contribution in [1.82, 2.24) is 4.57 Å². The molecule has 0 fully saturated rings. The number of rotatable bonds is 4. The summed E-state index contributed by atoms with van der Waals surface area (Å²) in [7, 11) is 0. The molecular formula is C16H17N3O3. The highest BCUT2D eigenvalue weighted by atomic mass is 16.2. The Labute approximate surface area is 127 Å². The van der Waals surface area contributed by atoms with Crippen LogP contribution in [0.4, 0.5) is 11.4 Å². The predicted octanol–water partition coefficient (Wildman–Crippen LogP) is 1.75. The molecule has 114 valence electrons. The number of nitrogens with zero attached hydrogens (tertiary/aromatic N) is 1. The van der Waals surface area contributed by atoms with Crippen LogP contribution >= 0.6 is 0 Å². The lowest BCUT2D eigenvalue weighted by Crippen LogP contribution is -2.26. The van der Waals surface area contributed by atoms with Gasteiger partial charge in [-0.15, -0.1) is 0 Å². The highest BCUT2D eigenvalue weighted by Crippen LogP contribution is 2.13. The van der Waals surface area contributed by atoms with E-state index in [1.54, 1.807) is 36.5 Å². The van der Waals surface area contributed by atoms with E-state index in [-0.39, 0.29) is 23.9 Å². The van der Waals surface area contributed by atoms with E-state index in [2.05, 4.69) is 10.6 Å². The summed E-state index contributed by atoms with van der Waals surface area (Å²) in [5.74, 6) is -0.449. The van der Waals surface area contributed by atoms with Crippen molar-refractivity contribution < 1.29 is 9.59 Å². The molecule has 2 rings (SSSR count). The highest BCUT2D eigenvalue weighted by molar-refractivity contribution is 5.92. The van der Waals surface area contributed by atoms with Gasteiger partial charge in [0.2, 0.25) is 11.8 Å². The van der Waals surface area contributed by atoms with E-state index < -0.39 is 0 Å². The summed E-state index contributed by atoms with van der Waals surface area (Å²) >= 11 is 0. The zero-order valence-electron chi connectivity index (χ0n) is 12.4. The third-order valence-corrected chi connectivity index (χ3v) is 2.93. The summed E-state index contributed by atoms with van der Waals surface area (Å²) in [6.07, 6.45) is 1.64. The van der Waals surface area contributed by atoms with E-state index in [0.29, 0.717) is 11.4 Å². The molecular weight excluding hydrogens is 282 g/mol. The number of benzene rings is 1. The summed E-state index contributed by atoms with van der Waals surface area (Å²) in [5.41, 5.74) is 1.94. The van der Waals surface area contributed by atoms with Crippen LogP contribution in [0.5, 0.6) is 0 Å². The van der Waals surface area contributed by atoms with Gasteiger partial charge in [0, 0.05) is 30.6 Å². The maximum Gasteiger partial charge on any atom is 0.251 e. The zero-order valence-corrected chi connectivity index (χ0v) is 12.4. The summed E-state index contributed by atoms with van der Waals surface area (Å²) < 4.78 is 1.36. The molecule has 1 aromatic carbocycles. The molecule has 0 aliphatic heterocycles. The number of carbonyl (C=O) groups excluding carboxylic acids is 2. The van der Waals surface area contributed by atoms with Gasteiger partial charge in [-0.1, -0.05) is 6.07 Å². The van der Waals surface area contributed by atoms with Crippen molar-refractivity contribution in [2.24, 2.45) is 0 Å². The number of aromatic nitrogens is 1. The van der Waals surface area contributed by atoms with Gasteiger partial charge in [-0.2, -0.15) is 0 Å². The molecule has 6 nitrogen and oxygen atoms in total. The van der Waals surface area contributed by atoms with Gasteiger partial charge in [-0.25, -0.2) is 0 Å². The van der Waals surface area contributed by atoms with Gasteiger partial charge in [0.25, 0.3) is 5.56 Å². The molecule has 0 aliphatic carbocycles. The second-order valence-corrected chi connectivity index (χ2v) is 4.98. The van der Waals surface area contributed by atoms with Crippen LogP contribution in [-0.2, 0) is 16.1 Å². The van der Waals surface area contributed by atoms with E-state index in [4.69, 9.17) is 0 Å². The topological polar surface area (TPSA) is 80.2 Å². The smallest absolute Gasteiger partial charge is 0.251 e. The second-order valence-electron chi connectivity index (χ2n) is 4.98. The van der Waals surface area contributed by atoms with E-state index in [0.717, 1.165) is 5.56 Å². The second kappa shape index (κ2) is 6.71. The fraction of sp³-hybridized carbons (Fsp3) is 0.188. The van der Waals surface area contributed by atoms with Crippen LogP contribution in [-0.4, -0.2) is 16.4 Å². The molecule has 2 amide bonds. The molecule has 0 aliphatic rings. The first-order valence-corrected chi connectivity index (χ1v) is 6.78. The van der Waals surface area contributed by atoms with Gasteiger partial charge in [-0.05, 0) is 36.8 Å². The van der Waals surface area contributed by atoms with Crippen molar-refractivity contribution in [3.05, 3.63) is 58.5 Å². The predicted molar refractivity (Wildman–Crippen MR) is 84.8 cm³/mol. The first kappa shape index (κ1) is 15.5. The van der Waals surface area contributed by atoms with Crippen LogP contribution in [0.25, 0.3) is 0 Å². The molecule has 0 atom stereocenters. The number of carbonyl (C=O) groups is 2. The number of anilines is 2. The Bertz CT molecular complexity index is 748. The Balaban J connectivity index is 2.01. The average Bonchev–Trinajstić information content (AvgIpc) is 2.44. The van der Waals surface area contributed by atoms with Gasteiger partial charge in [0.1, 0.15) is 6.54 Å². The Morgan fingerprint density at radius 1 is 1.00 bits per heavy atom. The molecule has 0 bridgehead atoms. The number of aryl methyl sites for hydroxylation is 1. The molecule has 2 N–H and O–H groups in total. The first-order chi connectivity index (χ1) is 10.4. The fourth-order valence-electron chi connectivity index (χ4n) is 1.97. The molecule has 0 radical (unpaired) electrons. The first-order valence-electron chi connectivity index (χ1n) is 6.78. The van der Waals surface area contributed by atoms with Gasteiger partial charge in [0.15, 0.2) is 0 Å². The van der Waals surface area contributed by atoms with E-state index >= 15 is 0 Å². The van der Waals surface area contributed by atoms with Crippen LogP contribution in [0.2, 0.25) is 0 Å². The van der Waals surface area contributed by atoms with Crippen molar-refractivity contribution in [3.63, 3.8) is 0 Å². The minimum atomic E-state index is -0.292. The van der Waals surface area contributed by atoms with Crippen molar-refractivity contribution in [1.29, 1.82) is 0 Å². The Hall–Kier alpha value is -2.89. The fourth-order valence-corrected chi connectivity index (χ4v) is 1.97. The lowest BCUT2D eigenvalue weighted by Gasteiger charge is -2.09. The normalized spacial score (nSPS) is 10.1. The molecule has 1 heterocycles. The van der Waals surface area contributed by atoms with E-state index in [1.165, 1.54) is 17.6 Å². The maximum atomic E-state index is 12.0. The van der Waals surface area contributed by atoms with E-state index in [9.17, 15) is 14.4 Å². The van der Waals surface area contributed by atoms with Crippen LogP contribution in [0.15, 0.2) is 47.4 Å². The summed E-state index contributed by atoms with van der Waals surface area (Å²) in [5, 5.41) is 5.35. The number of pyridine rings is 1. The Morgan fingerprint density at radius 2 is 1.59 bits per heavy atom. The Morgan fingerprint density at radius 3 is 2.18 bits per heavy atom. The molecule has 0 saturated heterocycles. The third-order valence-electron chi connectivity index (χ3n) is 2.93. The van der Waals surface area contributed by atoms with Crippen LogP contribution in [0.3, 0.4) is 0 Å². The number of nitrogens with one attached hydrogen (secondary N) is 2. The van der Waals surface area contributed by atoms with Crippen LogP contribution in [0, 0.1) is 6.92 Å². The number of hydrogen-bond acceptors (Lipinski definition) is 3. The third kappa shape index (κ3) is 4.31. The van der Waals surface area contributed by atoms with E-state index in [1.807, 2.05) is 6.92 Å². The average molecular weight is 299 g/mol. The zero-order chi connectivity index (χ0) is 16.1. The van der Waals surface area contributed by atoms with Crippen LogP contribution in [0.1, 0.15) is 12.5 Å². The summed E-state index contributed by atoms with van der Waals surface area (Å²) in [6, 6.07) is 9.89. The summed E-state index contributed by atoms with van der Waals surface area (Å²) in [6.45, 7) is 3.23. The minimum absolute atomic E-state index is 0.0477. The Kier molecular flexibility index (Phi) is 4.73. The molecule has 0 saturated carbocycles. The summed E-state index contributed by atoms with van der Waals surface area (Å²) in [4.78, 5) is 34.5. The molecule has 2 aromatic rings. The number of hydrogen-bond donors (Lipinski definition) is 2. The van der Waals surface area contributed by atoms with Crippen molar-refractivity contribution in [2.75, 3.05) is 10.6 Å². The molecule has 22 heavy (non-hydrogen) atoms. The SMILES string of the molecule is CC(=O)Nc1ccc(NC(=O)Cn2cc(C)ccc2=O)cc1. The van der Waals surface area contributed by atoms with Gasteiger partial charge >= 0.3 is 0 Å². The molecule has 0 unspecified atom stereocenters. The highest BCUT2D eigenvalue weighted by Gasteiger charge is 2.05. The van der Waals surface area contributed by atoms with Gasteiger partial charge in [0.05, 0.1) is 0 Å². The van der Waals surface area contributed by atoms with Crippen molar-refractivity contribution >= 4 is 23.2 Å². The van der Waals surface area contributed by atoms with Crippen molar-refractivity contribution in [2.45, 2.75) is 20.4 Å². The molecule has 1 aromatic heterocycles. The van der Waals surface area contributed by atoms with Crippen molar-refractivity contribution in [3.8, 4) is 0 Å². The standard InChI is InChI=1S/C16H17N3O3/c1-11-3-8-16(22)19(9-11)10-15(21)18-14-6-4-13(5-7-14)17-12(2)20/h3-9H,10H2,1-2H3,(H,17,20)(H,18,21). The lowest BCUT2D eigenvalue weighted by atomic mass is 10.2. The van der Waals surface area contributed by atoms with Gasteiger partial charge in [-0.3, -0.25) is 14.4 Å². The van der Waals surface area contributed by atoms with Crippen LogP contribution < -0.4 is 16.2 Å². The number of amides is 2. The maximum absolute atomic E-state index is 12.0. The largest absolute Gasteiger partial charge is 0.326 e. The minimum Gasteiger partial charge on any atom is -0.326 e. The monoisotopic (exact) mass is 299 g/mol.